The Labute approximate surface area is 110 Å². The van der Waals surface area contributed by atoms with Crippen LogP contribution in [0.25, 0.3) is 0 Å². The van der Waals surface area contributed by atoms with Gasteiger partial charge in [-0.25, -0.2) is 0 Å². The van der Waals surface area contributed by atoms with E-state index >= 15 is 0 Å². The van der Waals surface area contributed by atoms with Crippen molar-refractivity contribution in [2.45, 2.75) is 44.7 Å². The van der Waals surface area contributed by atoms with Gasteiger partial charge in [0.25, 0.3) is 0 Å². The van der Waals surface area contributed by atoms with Crippen LogP contribution in [0, 0.1) is 17.8 Å². The van der Waals surface area contributed by atoms with E-state index in [1.165, 1.54) is 0 Å². The maximum atomic E-state index is 2.45. The van der Waals surface area contributed by atoms with E-state index in [0.717, 1.165) is 0 Å². The van der Waals surface area contributed by atoms with Gasteiger partial charge < -0.3 is 0 Å². The van der Waals surface area contributed by atoms with Crippen LogP contribution in [-0.2, 0) is 24.4 Å². The molecular weight excluding hydrogens is 213 g/mol. The standard InChI is InChI=1S/C14H23.Sc/c1-9(2)12-7-8-13(10(3)4)14(12)11(5)6;/h7-11H,1-6H3;. The zero-order valence-electron chi connectivity index (χ0n) is 11.0. The van der Waals surface area contributed by atoms with Crippen molar-refractivity contribution in [3.63, 3.8) is 0 Å². The molecule has 0 heterocycles. The molecule has 0 nitrogen and oxygen atoms in total. The van der Waals surface area contributed by atoms with Gasteiger partial charge in [0.2, 0.25) is 0 Å². The molecule has 0 amide bonds. The van der Waals surface area contributed by atoms with Gasteiger partial charge in [-0.2, -0.15) is 0 Å². The van der Waals surface area contributed by atoms with Crippen LogP contribution in [0.1, 0.15) is 41.5 Å². The van der Waals surface area contributed by atoms with Crippen LogP contribution < -0.4 is 0 Å². The SMILES string of the molecule is CC(C)C1=C(C(C)C)[C]([Sc])(C(C)C)C=C1. The molecule has 0 radical (unpaired) electrons. The number of rotatable bonds is 3. The van der Waals surface area contributed by atoms with Gasteiger partial charge in [-0.05, 0) is 0 Å². The summed E-state index contributed by atoms with van der Waals surface area (Å²) in [6.45, 7) is 14.0. The van der Waals surface area contributed by atoms with Crippen LogP contribution in [0.2, 0.25) is 3.17 Å². The summed E-state index contributed by atoms with van der Waals surface area (Å²) in [6.07, 6.45) is 4.82. The van der Waals surface area contributed by atoms with Crippen LogP contribution in [0.3, 0.4) is 0 Å². The summed E-state index contributed by atoms with van der Waals surface area (Å²) in [6, 6.07) is 0. The van der Waals surface area contributed by atoms with Crippen molar-refractivity contribution in [1.82, 2.24) is 0 Å². The summed E-state index contributed by atoms with van der Waals surface area (Å²) in [7, 11) is 0. The zero-order chi connectivity index (χ0) is 11.8. The fourth-order valence-corrected chi connectivity index (χ4v) is 3.43. The second-order valence-electron chi connectivity index (χ2n) is 5.60. The first-order valence-corrected chi connectivity index (χ1v) is 6.93. The van der Waals surface area contributed by atoms with Crippen LogP contribution >= 0.6 is 0 Å². The molecule has 0 aromatic carbocycles. The zero-order valence-corrected chi connectivity index (χ0v) is 12.8. The van der Waals surface area contributed by atoms with Gasteiger partial charge in [0, 0.05) is 0 Å². The first kappa shape index (κ1) is 13.4. The molecular formula is C14H23Sc. The Morgan fingerprint density at radius 1 is 1.00 bits per heavy atom. The topological polar surface area (TPSA) is 0 Å². The van der Waals surface area contributed by atoms with E-state index in [1.807, 2.05) is 24.4 Å². The molecule has 15 heavy (non-hydrogen) atoms. The predicted molar refractivity (Wildman–Crippen MR) is 63.4 cm³/mol. The molecule has 0 bridgehead atoms. The first-order valence-electron chi connectivity index (χ1n) is 6.03. The number of hydrogen-bond donors (Lipinski definition) is 0. The van der Waals surface area contributed by atoms with Crippen LogP contribution in [0.5, 0.6) is 0 Å². The average molecular weight is 236 g/mol. The molecule has 1 unspecified atom stereocenters. The third kappa shape index (κ3) is 2.38. The third-order valence-corrected chi connectivity index (χ3v) is 5.30. The fourth-order valence-electron chi connectivity index (χ4n) is 2.50. The molecule has 1 heteroatoms. The molecule has 0 saturated carbocycles. The molecule has 0 spiro atoms. The molecule has 0 aliphatic heterocycles. The molecule has 1 atom stereocenters. The Kier molecular flexibility index (Phi) is 4.20. The van der Waals surface area contributed by atoms with E-state index < -0.39 is 0 Å². The second-order valence-corrected chi connectivity index (χ2v) is 7.09. The van der Waals surface area contributed by atoms with E-state index in [-0.39, 0.29) is 0 Å². The normalized spacial score (nSPS) is 26.4. The maximum absolute atomic E-state index is 2.45. The molecule has 0 aromatic rings. The molecule has 0 fully saturated rings. The van der Waals surface area contributed by atoms with E-state index in [9.17, 15) is 0 Å². The van der Waals surface area contributed by atoms with E-state index in [0.29, 0.717) is 20.9 Å². The summed E-state index contributed by atoms with van der Waals surface area (Å²) in [5, 5.41) is 0. The summed E-state index contributed by atoms with van der Waals surface area (Å²) in [5.41, 5.74) is 3.27. The number of hydrogen-bond acceptors (Lipinski definition) is 0. The second kappa shape index (κ2) is 4.69. The van der Waals surface area contributed by atoms with E-state index in [2.05, 4.69) is 53.7 Å². The molecule has 82 valence electrons. The van der Waals surface area contributed by atoms with Crippen molar-refractivity contribution < 1.29 is 24.4 Å². The Balaban J connectivity index is 3.22. The summed E-state index contributed by atoms with van der Waals surface area (Å²) in [5.74, 6) is 2.05. The van der Waals surface area contributed by atoms with E-state index in [1.54, 1.807) is 11.1 Å². The summed E-state index contributed by atoms with van der Waals surface area (Å²) >= 11 is 1.87. The predicted octanol–water partition coefficient (Wildman–Crippen LogP) is 4.53. The molecule has 1 aliphatic rings. The molecule has 0 N–H and O–H groups in total. The van der Waals surface area contributed by atoms with Crippen LogP contribution in [-0.4, -0.2) is 0 Å². The van der Waals surface area contributed by atoms with Crippen LogP contribution in [0.4, 0.5) is 0 Å². The number of allylic oxidation sites excluding steroid dienone is 4. The quantitative estimate of drug-likeness (QED) is 0.675. The van der Waals surface area contributed by atoms with Crippen molar-refractivity contribution in [1.29, 1.82) is 0 Å². The van der Waals surface area contributed by atoms with Crippen molar-refractivity contribution in [2.75, 3.05) is 0 Å². The molecule has 1 rings (SSSR count). The van der Waals surface area contributed by atoms with Gasteiger partial charge in [0.1, 0.15) is 0 Å². The molecule has 0 saturated heterocycles. The molecule has 1 aliphatic carbocycles. The Hall–Kier alpha value is 0.350. The Morgan fingerprint density at radius 2 is 1.53 bits per heavy atom. The van der Waals surface area contributed by atoms with E-state index in [4.69, 9.17) is 0 Å². The minimum atomic E-state index is 0.348. The van der Waals surface area contributed by atoms with Gasteiger partial charge in [0.15, 0.2) is 0 Å². The van der Waals surface area contributed by atoms with Gasteiger partial charge in [0.05, 0.1) is 0 Å². The Morgan fingerprint density at radius 3 is 1.87 bits per heavy atom. The van der Waals surface area contributed by atoms with Gasteiger partial charge in [-0.3, -0.25) is 0 Å². The third-order valence-electron chi connectivity index (χ3n) is 3.47. The molecule has 0 aromatic heterocycles. The summed E-state index contributed by atoms with van der Waals surface area (Å²) < 4.78 is 0.348. The van der Waals surface area contributed by atoms with Gasteiger partial charge in [-0.1, -0.05) is 0 Å². The minimum absolute atomic E-state index is 0.348. The van der Waals surface area contributed by atoms with Gasteiger partial charge in [-0.15, -0.1) is 0 Å². The van der Waals surface area contributed by atoms with Crippen molar-refractivity contribution in [2.24, 2.45) is 17.8 Å². The van der Waals surface area contributed by atoms with Crippen molar-refractivity contribution in [3.8, 4) is 0 Å². The average Bonchev–Trinajstić information content (AvgIpc) is 2.44. The first-order chi connectivity index (χ1) is 6.80. The van der Waals surface area contributed by atoms with Crippen LogP contribution in [0.15, 0.2) is 23.3 Å². The fraction of sp³-hybridized carbons (Fsp3) is 0.714. The Bertz CT molecular complexity index is 294. The van der Waals surface area contributed by atoms with Crippen molar-refractivity contribution >= 4 is 0 Å². The van der Waals surface area contributed by atoms with Crippen molar-refractivity contribution in [3.05, 3.63) is 23.3 Å². The summed E-state index contributed by atoms with van der Waals surface area (Å²) in [4.78, 5) is 0. The monoisotopic (exact) mass is 236 g/mol. The van der Waals surface area contributed by atoms with Gasteiger partial charge >= 0.3 is 110 Å².